The highest BCUT2D eigenvalue weighted by molar-refractivity contribution is 7.99. The number of carbonyl (C=O) groups is 1. The van der Waals surface area contributed by atoms with Crippen LogP contribution in [0.15, 0.2) is 5.16 Å². The predicted octanol–water partition coefficient (Wildman–Crippen LogP) is 3.76. The van der Waals surface area contributed by atoms with Crippen LogP contribution < -0.4 is 0 Å². The molecule has 0 N–H and O–H groups in total. The maximum atomic E-state index is 10.9. The number of thioether (sulfide) groups is 1. The lowest BCUT2D eigenvalue weighted by Gasteiger charge is -2.08. The van der Waals surface area contributed by atoms with Gasteiger partial charge in [0.15, 0.2) is 5.16 Å². The van der Waals surface area contributed by atoms with E-state index in [-0.39, 0.29) is 5.78 Å². The molecule has 0 aliphatic rings. The minimum atomic E-state index is 0.275. The largest absolute Gasteiger partial charge is 0.323 e. The Morgan fingerprint density at radius 3 is 2.67 bits per heavy atom. The Kier molecular flexibility index (Phi) is 6.47. The molecule has 1 aromatic rings. The quantitative estimate of drug-likeness (QED) is 0.532. The first-order valence-corrected chi connectivity index (χ1v) is 7.70. The predicted molar refractivity (Wildman–Crippen MR) is 77.2 cm³/mol. The van der Waals surface area contributed by atoms with Gasteiger partial charge in [0.1, 0.15) is 5.78 Å². The number of hydrogen-bond donors (Lipinski definition) is 0. The molecule has 4 heteroatoms. The van der Waals surface area contributed by atoms with Crippen molar-refractivity contribution in [3.8, 4) is 0 Å². The lowest BCUT2D eigenvalue weighted by atomic mass is 10.3. The van der Waals surface area contributed by atoms with E-state index in [9.17, 15) is 4.79 Å². The minimum absolute atomic E-state index is 0.275. The van der Waals surface area contributed by atoms with Gasteiger partial charge in [0.25, 0.3) is 0 Å². The number of nitrogens with zero attached hydrogens (tertiary/aromatic N) is 2. The monoisotopic (exact) mass is 268 g/mol. The van der Waals surface area contributed by atoms with E-state index in [2.05, 4.69) is 30.3 Å². The fourth-order valence-corrected chi connectivity index (χ4v) is 2.85. The molecule has 102 valence electrons. The van der Waals surface area contributed by atoms with Crippen molar-refractivity contribution in [2.24, 2.45) is 0 Å². The number of ketones is 1. The van der Waals surface area contributed by atoms with Gasteiger partial charge < -0.3 is 9.36 Å². The summed E-state index contributed by atoms with van der Waals surface area (Å²) in [5, 5.41) is 1.11. The lowest BCUT2D eigenvalue weighted by Crippen LogP contribution is -2.02. The average Bonchev–Trinajstić information content (AvgIpc) is 2.58. The molecule has 0 atom stereocenters. The normalized spacial score (nSPS) is 10.9. The molecule has 0 amide bonds. The zero-order valence-electron chi connectivity index (χ0n) is 12.0. The standard InChI is InChI=1S/C14H24N2OS/c1-5-6-9-16-13(4)12(3)15-14(16)18-10-7-8-11(2)17/h5-10H2,1-4H3. The molecule has 3 nitrogen and oxygen atoms in total. The van der Waals surface area contributed by atoms with E-state index in [1.807, 2.05) is 0 Å². The van der Waals surface area contributed by atoms with E-state index in [1.54, 1.807) is 18.7 Å². The van der Waals surface area contributed by atoms with Gasteiger partial charge in [-0.1, -0.05) is 25.1 Å². The Labute approximate surface area is 114 Å². The summed E-state index contributed by atoms with van der Waals surface area (Å²) in [6.07, 6.45) is 4.02. The fraction of sp³-hybridized carbons (Fsp3) is 0.714. The number of aromatic nitrogens is 2. The summed E-state index contributed by atoms with van der Waals surface area (Å²) in [5.74, 6) is 1.25. The van der Waals surface area contributed by atoms with Gasteiger partial charge in [-0.25, -0.2) is 4.98 Å². The number of aryl methyl sites for hydroxylation is 1. The van der Waals surface area contributed by atoms with Gasteiger partial charge in [0, 0.05) is 24.4 Å². The number of hydrogen-bond acceptors (Lipinski definition) is 3. The van der Waals surface area contributed by atoms with Crippen LogP contribution in [0.4, 0.5) is 0 Å². The Morgan fingerprint density at radius 2 is 2.06 bits per heavy atom. The topological polar surface area (TPSA) is 34.9 Å². The molecule has 1 rings (SSSR count). The van der Waals surface area contributed by atoms with Crippen LogP contribution in [0.5, 0.6) is 0 Å². The summed E-state index contributed by atoms with van der Waals surface area (Å²) in [5.41, 5.74) is 2.40. The molecular weight excluding hydrogens is 244 g/mol. The molecule has 0 saturated carbocycles. The Morgan fingerprint density at radius 1 is 1.33 bits per heavy atom. The third-order valence-electron chi connectivity index (χ3n) is 3.06. The van der Waals surface area contributed by atoms with Crippen LogP contribution in [-0.2, 0) is 11.3 Å². The molecule has 0 aromatic carbocycles. The highest BCUT2D eigenvalue weighted by atomic mass is 32.2. The summed E-state index contributed by atoms with van der Waals surface area (Å²) in [7, 11) is 0. The van der Waals surface area contributed by atoms with Gasteiger partial charge in [-0.3, -0.25) is 0 Å². The van der Waals surface area contributed by atoms with Crippen molar-refractivity contribution in [1.82, 2.24) is 9.55 Å². The zero-order chi connectivity index (χ0) is 13.5. The molecule has 0 bridgehead atoms. The van der Waals surface area contributed by atoms with Gasteiger partial charge in [-0.05, 0) is 33.6 Å². The fourth-order valence-electron chi connectivity index (χ4n) is 1.80. The van der Waals surface area contributed by atoms with Crippen LogP contribution in [0.25, 0.3) is 0 Å². The summed E-state index contributed by atoms with van der Waals surface area (Å²) in [4.78, 5) is 15.5. The van der Waals surface area contributed by atoms with E-state index < -0.39 is 0 Å². The Hall–Kier alpha value is -0.770. The maximum Gasteiger partial charge on any atom is 0.168 e. The van der Waals surface area contributed by atoms with E-state index in [0.717, 1.165) is 29.6 Å². The number of imidazole rings is 1. The van der Waals surface area contributed by atoms with Crippen LogP contribution in [-0.4, -0.2) is 21.1 Å². The minimum Gasteiger partial charge on any atom is -0.323 e. The van der Waals surface area contributed by atoms with E-state index in [4.69, 9.17) is 0 Å². The molecule has 0 fully saturated rings. The molecule has 1 aromatic heterocycles. The van der Waals surface area contributed by atoms with Crippen LogP contribution >= 0.6 is 11.8 Å². The second-order valence-electron chi connectivity index (χ2n) is 4.72. The molecule has 0 radical (unpaired) electrons. The SMILES string of the molecule is CCCCn1c(SCCCC(C)=O)nc(C)c1C. The lowest BCUT2D eigenvalue weighted by molar-refractivity contribution is -0.117. The van der Waals surface area contributed by atoms with E-state index in [0.29, 0.717) is 6.42 Å². The first-order chi connectivity index (χ1) is 8.56. The first-order valence-electron chi connectivity index (χ1n) is 6.72. The zero-order valence-corrected chi connectivity index (χ0v) is 12.8. The van der Waals surface area contributed by atoms with Crippen molar-refractivity contribution in [1.29, 1.82) is 0 Å². The number of unbranched alkanes of at least 4 members (excludes halogenated alkanes) is 1. The highest BCUT2D eigenvalue weighted by Gasteiger charge is 2.10. The smallest absolute Gasteiger partial charge is 0.168 e. The second-order valence-corrected chi connectivity index (χ2v) is 5.79. The van der Waals surface area contributed by atoms with E-state index >= 15 is 0 Å². The summed E-state index contributed by atoms with van der Waals surface area (Å²) in [6, 6.07) is 0. The third kappa shape index (κ3) is 4.48. The number of Topliss-reactive ketones (excluding diaryl/α,β-unsaturated/α-hetero) is 1. The average molecular weight is 268 g/mol. The van der Waals surface area contributed by atoms with Crippen molar-refractivity contribution in [2.45, 2.75) is 65.1 Å². The summed E-state index contributed by atoms with van der Waals surface area (Å²) in [6.45, 7) is 9.12. The number of rotatable bonds is 8. The van der Waals surface area contributed by atoms with Crippen LogP contribution in [0, 0.1) is 13.8 Å². The van der Waals surface area contributed by atoms with E-state index in [1.165, 1.54) is 18.5 Å². The van der Waals surface area contributed by atoms with Crippen LogP contribution in [0.1, 0.15) is 50.9 Å². The van der Waals surface area contributed by atoms with Gasteiger partial charge in [-0.2, -0.15) is 0 Å². The van der Waals surface area contributed by atoms with Crippen molar-refractivity contribution >= 4 is 17.5 Å². The summed E-state index contributed by atoms with van der Waals surface area (Å²) >= 11 is 1.77. The number of carbonyl (C=O) groups excluding carboxylic acids is 1. The first kappa shape index (κ1) is 15.3. The van der Waals surface area contributed by atoms with Gasteiger partial charge in [0.05, 0.1) is 5.69 Å². The van der Waals surface area contributed by atoms with Gasteiger partial charge in [0.2, 0.25) is 0 Å². The molecular formula is C14H24N2OS. The molecule has 0 unspecified atom stereocenters. The maximum absolute atomic E-state index is 10.9. The summed E-state index contributed by atoms with van der Waals surface area (Å²) < 4.78 is 2.32. The molecule has 18 heavy (non-hydrogen) atoms. The highest BCUT2D eigenvalue weighted by Crippen LogP contribution is 2.22. The van der Waals surface area contributed by atoms with Crippen molar-refractivity contribution in [2.75, 3.05) is 5.75 Å². The Balaban J connectivity index is 2.57. The molecule has 0 aliphatic heterocycles. The molecule has 1 heterocycles. The van der Waals surface area contributed by atoms with Crippen LogP contribution in [0.3, 0.4) is 0 Å². The van der Waals surface area contributed by atoms with Gasteiger partial charge >= 0.3 is 0 Å². The van der Waals surface area contributed by atoms with Crippen molar-refractivity contribution in [3.63, 3.8) is 0 Å². The van der Waals surface area contributed by atoms with Gasteiger partial charge in [-0.15, -0.1) is 0 Å². The Bertz CT molecular complexity index is 399. The molecule has 0 aliphatic carbocycles. The third-order valence-corrected chi connectivity index (χ3v) is 4.13. The second kappa shape index (κ2) is 7.62. The molecule has 0 saturated heterocycles. The van der Waals surface area contributed by atoms with Crippen LogP contribution in [0.2, 0.25) is 0 Å². The van der Waals surface area contributed by atoms with Crippen molar-refractivity contribution in [3.05, 3.63) is 11.4 Å². The van der Waals surface area contributed by atoms with Crippen molar-refractivity contribution < 1.29 is 4.79 Å². The molecule has 0 spiro atoms.